The summed E-state index contributed by atoms with van der Waals surface area (Å²) >= 11 is 1.39. The average Bonchev–Trinajstić information content (AvgIpc) is 3.29. The van der Waals surface area contributed by atoms with E-state index in [1.165, 1.54) is 23.9 Å². The summed E-state index contributed by atoms with van der Waals surface area (Å²) in [6.45, 7) is 1.92. The van der Waals surface area contributed by atoms with E-state index in [1.54, 1.807) is 12.1 Å². The fourth-order valence-electron chi connectivity index (χ4n) is 2.47. The third-order valence-corrected chi connectivity index (χ3v) is 4.72. The first-order chi connectivity index (χ1) is 12.7. The standard InChI is InChI=1S/C19H14FN3O2S/c1-12-16(23-25-17(12)13-7-9-15(20)10-8-13)11-26-19-22-21-18(24-19)14-5-3-2-4-6-14/h2-10H,11H2,1H3. The molecule has 0 atom stereocenters. The van der Waals surface area contributed by atoms with Gasteiger partial charge >= 0.3 is 0 Å². The lowest BCUT2D eigenvalue weighted by molar-refractivity contribution is 0.426. The lowest BCUT2D eigenvalue weighted by atomic mass is 10.1. The monoisotopic (exact) mass is 367 g/mol. The molecule has 0 aliphatic heterocycles. The molecule has 2 aromatic heterocycles. The van der Waals surface area contributed by atoms with E-state index < -0.39 is 0 Å². The predicted octanol–water partition coefficient (Wildman–Crippen LogP) is 5.13. The van der Waals surface area contributed by atoms with E-state index in [0.717, 1.165) is 22.4 Å². The van der Waals surface area contributed by atoms with E-state index in [2.05, 4.69) is 15.4 Å². The number of nitrogens with zero attached hydrogens (tertiary/aromatic N) is 3. The average molecular weight is 367 g/mol. The van der Waals surface area contributed by atoms with Gasteiger partial charge in [-0.1, -0.05) is 35.1 Å². The Balaban J connectivity index is 1.47. The Kier molecular flexibility index (Phi) is 4.53. The Morgan fingerprint density at radius 2 is 1.73 bits per heavy atom. The predicted molar refractivity (Wildman–Crippen MR) is 95.9 cm³/mol. The first kappa shape index (κ1) is 16.5. The summed E-state index contributed by atoms with van der Waals surface area (Å²) in [4.78, 5) is 0. The molecule has 2 heterocycles. The largest absolute Gasteiger partial charge is 0.411 e. The molecular weight excluding hydrogens is 353 g/mol. The second-order valence-electron chi connectivity index (χ2n) is 5.62. The van der Waals surface area contributed by atoms with Crippen LogP contribution in [0, 0.1) is 12.7 Å². The van der Waals surface area contributed by atoms with Gasteiger partial charge in [-0.25, -0.2) is 4.39 Å². The zero-order valence-electron chi connectivity index (χ0n) is 13.8. The van der Waals surface area contributed by atoms with E-state index in [9.17, 15) is 4.39 Å². The van der Waals surface area contributed by atoms with Gasteiger partial charge in [0.05, 0.1) is 5.69 Å². The summed E-state index contributed by atoms with van der Waals surface area (Å²) in [5.41, 5.74) is 3.36. The molecule has 0 spiro atoms. The molecule has 2 aromatic carbocycles. The lowest BCUT2D eigenvalue weighted by Gasteiger charge is -1.98. The van der Waals surface area contributed by atoms with Gasteiger partial charge in [0.1, 0.15) is 5.82 Å². The number of aromatic nitrogens is 3. The van der Waals surface area contributed by atoms with Crippen LogP contribution in [0.25, 0.3) is 22.8 Å². The maximum absolute atomic E-state index is 13.1. The second kappa shape index (κ2) is 7.13. The molecule has 0 aliphatic rings. The van der Waals surface area contributed by atoms with Gasteiger partial charge in [0, 0.05) is 22.4 Å². The number of benzene rings is 2. The van der Waals surface area contributed by atoms with Gasteiger partial charge in [-0.05, 0) is 43.3 Å². The van der Waals surface area contributed by atoms with Gasteiger partial charge in [0.2, 0.25) is 5.89 Å². The van der Waals surface area contributed by atoms with Crippen molar-refractivity contribution in [3.8, 4) is 22.8 Å². The van der Waals surface area contributed by atoms with Gasteiger partial charge in [0.25, 0.3) is 5.22 Å². The molecule has 0 aliphatic carbocycles. The zero-order chi connectivity index (χ0) is 17.9. The Bertz CT molecular complexity index is 1010. The first-order valence-corrected chi connectivity index (χ1v) is 8.92. The Hall–Kier alpha value is -2.93. The smallest absolute Gasteiger partial charge is 0.277 e. The zero-order valence-corrected chi connectivity index (χ0v) is 14.7. The van der Waals surface area contributed by atoms with E-state index in [0.29, 0.717) is 22.6 Å². The van der Waals surface area contributed by atoms with Crippen LogP contribution in [0.1, 0.15) is 11.3 Å². The quantitative estimate of drug-likeness (QED) is 0.456. The molecule has 0 amide bonds. The summed E-state index contributed by atoms with van der Waals surface area (Å²) in [5, 5.41) is 12.7. The molecule has 0 saturated heterocycles. The normalized spacial score (nSPS) is 11.0. The highest BCUT2D eigenvalue weighted by atomic mass is 32.2. The van der Waals surface area contributed by atoms with E-state index >= 15 is 0 Å². The molecule has 4 aromatic rings. The van der Waals surface area contributed by atoms with Crippen molar-refractivity contribution in [2.24, 2.45) is 0 Å². The van der Waals surface area contributed by atoms with Gasteiger partial charge in [-0.15, -0.1) is 10.2 Å². The molecule has 26 heavy (non-hydrogen) atoms. The van der Waals surface area contributed by atoms with Crippen LogP contribution in [0.3, 0.4) is 0 Å². The summed E-state index contributed by atoms with van der Waals surface area (Å²) < 4.78 is 24.2. The molecule has 4 rings (SSSR count). The number of thioether (sulfide) groups is 1. The summed E-state index contributed by atoms with van der Waals surface area (Å²) in [6, 6.07) is 15.7. The van der Waals surface area contributed by atoms with Crippen molar-refractivity contribution in [2.45, 2.75) is 17.9 Å². The minimum Gasteiger partial charge on any atom is -0.411 e. The summed E-state index contributed by atoms with van der Waals surface area (Å²) in [7, 11) is 0. The van der Waals surface area contributed by atoms with E-state index in [-0.39, 0.29) is 5.82 Å². The van der Waals surface area contributed by atoms with Crippen LogP contribution in [-0.4, -0.2) is 15.4 Å². The van der Waals surface area contributed by atoms with Gasteiger partial charge < -0.3 is 8.94 Å². The highest BCUT2D eigenvalue weighted by molar-refractivity contribution is 7.98. The molecule has 0 fully saturated rings. The first-order valence-electron chi connectivity index (χ1n) is 7.93. The number of hydrogen-bond acceptors (Lipinski definition) is 6. The highest BCUT2D eigenvalue weighted by Gasteiger charge is 2.16. The van der Waals surface area contributed by atoms with Crippen molar-refractivity contribution in [3.05, 3.63) is 71.7 Å². The summed E-state index contributed by atoms with van der Waals surface area (Å²) in [6.07, 6.45) is 0. The molecule has 0 saturated carbocycles. The highest BCUT2D eigenvalue weighted by Crippen LogP contribution is 2.30. The summed E-state index contributed by atoms with van der Waals surface area (Å²) in [5.74, 6) is 1.37. The molecular formula is C19H14FN3O2S. The van der Waals surface area contributed by atoms with E-state index in [4.69, 9.17) is 8.94 Å². The SMILES string of the molecule is Cc1c(CSc2nnc(-c3ccccc3)o2)noc1-c1ccc(F)cc1. The Labute approximate surface area is 153 Å². The topological polar surface area (TPSA) is 65.0 Å². The number of rotatable bonds is 5. The molecule has 0 N–H and O–H groups in total. The van der Waals surface area contributed by atoms with Gasteiger partial charge in [-0.3, -0.25) is 0 Å². The van der Waals surface area contributed by atoms with Crippen molar-refractivity contribution >= 4 is 11.8 Å². The third-order valence-electron chi connectivity index (χ3n) is 3.89. The lowest BCUT2D eigenvalue weighted by Crippen LogP contribution is -1.85. The van der Waals surface area contributed by atoms with Crippen LogP contribution in [0.5, 0.6) is 0 Å². The van der Waals surface area contributed by atoms with Crippen molar-refractivity contribution in [1.29, 1.82) is 0 Å². The van der Waals surface area contributed by atoms with Crippen molar-refractivity contribution in [1.82, 2.24) is 15.4 Å². The fourth-order valence-corrected chi connectivity index (χ4v) is 3.24. The maximum atomic E-state index is 13.1. The molecule has 0 radical (unpaired) electrons. The Morgan fingerprint density at radius 3 is 2.50 bits per heavy atom. The van der Waals surface area contributed by atoms with Gasteiger partial charge in [0.15, 0.2) is 5.76 Å². The fraction of sp³-hybridized carbons (Fsp3) is 0.105. The van der Waals surface area contributed by atoms with Crippen LogP contribution in [-0.2, 0) is 5.75 Å². The van der Waals surface area contributed by atoms with Crippen LogP contribution >= 0.6 is 11.8 Å². The van der Waals surface area contributed by atoms with Crippen LogP contribution in [0.15, 0.2) is 68.8 Å². The van der Waals surface area contributed by atoms with Gasteiger partial charge in [-0.2, -0.15) is 0 Å². The molecule has 0 bridgehead atoms. The number of halogens is 1. The van der Waals surface area contributed by atoms with Crippen molar-refractivity contribution in [2.75, 3.05) is 0 Å². The minimum absolute atomic E-state index is 0.285. The second-order valence-corrected chi connectivity index (χ2v) is 6.54. The molecule has 130 valence electrons. The molecule has 5 nitrogen and oxygen atoms in total. The van der Waals surface area contributed by atoms with Crippen molar-refractivity contribution < 1.29 is 13.3 Å². The van der Waals surface area contributed by atoms with Crippen LogP contribution in [0.4, 0.5) is 4.39 Å². The van der Waals surface area contributed by atoms with Crippen molar-refractivity contribution in [3.63, 3.8) is 0 Å². The Morgan fingerprint density at radius 1 is 0.962 bits per heavy atom. The van der Waals surface area contributed by atoms with Crippen LogP contribution < -0.4 is 0 Å². The van der Waals surface area contributed by atoms with Crippen LogP contribution in [0.2, 0.25) is 0 Å². The van der Waals surface area contributed by atoms with E-state index in [1.807, 2.05) is 37.3 Å². The number of hydrogen-bond donors (Lipinski definition) is 0. The molecule has 0 unspecified atom stereocenters. The maximum Gasteiger partial charge on any atom is 0.277 e. The third kappa shape index (κ3) is 3.39. The molecule has 7 heteroatoms. The minimum atomic E-state index is -0.285.